The summed E-state index contributed by atoms with van der Waals surface area (Å²) in [6.07, 6.45) is 0.769. The monoisotopic (exact) mass is 505 g/mol. The first-order chi connectivity index (χ1) is 18.1. The number of para-hydroxylation sites is 1. The zero-order chi connectivity index (χ0) is 25.4. The van der Waals surface area contributed by atoms with Gasteiger partial charge in [0.05, 0.1) is 22.0 Å². The van der Waals surface area contributed by atoms with Crippen LogP contribution in [-0.2, 0) is 4.99 Å². The molecule has 4 aromatic rings. The van der Waals surface area contributed by atoms with Gasteiger partial charge in [0, 0.05) is 28.8 Å². The summed E-state index contributed by atoms with van der Waals surface area (Å²) in [7, 11) is 0. The van der Waals surface area contributed by atoms with Gasteiger partial charge in [-0.2, -0.15) is 10.2 Å². The molecule has 37 heavy (non-hydrogen) atoms. The number of benzene rings is 4. The predicted molar refractivity (Wildman–Crippen MR) is 150 cm³/mol. The van der Waals surface area contributed by atoms with Crippen LogP contribution in [0.2, 0.25) is 0 Å². The minimum Gasteiger partial charge on any atom is -0.258 e. The molecule has 1 unspecified atom stereocenters. The molecule has 0 N–H and O–H groups in total. The minimum atomic E-state index is -0.891. The van der Waals surface area contributed by atoms with Gasteiger partial charge in [0.25, 0.3) is 5.69 Å². The molecular weight excluding hydrogens is 482 g/mol. The summed E-state index contributed by atoms with van der Waals surface area (Å²) in [5.74, 6) is 0. The second-order valence-electron chi connectivity index (χ2n) is 8.66. The van der Waals surface area contributed by atoms with Crippen molar-refractivity contribution >= 4 is 39.6 Å². The van der Waals surface area contributed by atoms with Gasteiger partial charge in [-0.25, -0.2) is 10.0 Å². The highest BCUT2D eigenvalue weighted by Crippen LogP contribution is 2.55. The third-order valence-electron chi connectivity index (χ3n) is 6.48. The van der Waals surface area contributed by atoms with Crippen LogP contribution in [0.25, 0.3) is 0 Å². The lowest BCUT2D eigenvalue weighted by Crippen LogP contribution is -2.53. The number of anilines is 2. The summed E-state index contributed by atoms with van der Waals surface area (Å²) in [6, 6.07) is 35.0. The fourth-order valence-corrected chi connectivity index (χ4v) is 6.14. The quantitative estimate of drug-likeness (QED) is 0.217. The maximum atomic E-state index is 11.4. The molecule has 1 spiro atoms. The van der Waals surface area contributed by atoms with E-state index in [9.17, 15) is 10.1 Å². The average molecular weight is 506 g/mol. The molecule has 2 aliphatic heterocycles. The summed E-state index contributed by atoms with van der Waals surface area (Å²) in [5, 5.41) is 26.5. The molecule has 1 atom stereocenters. The van der Waals surface area contributed by atoms with Gasteiger partial charge >= 0.3 is 0 Å². The van der Waals surface area contributed by atoms with Crippen molar-refractivity contribution in [3.05, 3.63) is 136 Å². The number of thioether (sulfide) groups is 1. The van der Waals surface area contributed by atoms with Crippen LogP contribution in [0, 0.1) is 10.1 Å². The van der Waals surface area contributed by atoms with Crippen molar-refractivity contribution in [2.24, 2.45) is 10.2 Å². The topological polar surface area (TPSA) is 74.3 Å². The summed E-state index contributed by atoms with van der Waals surface area (Å²) in [5.41, 5.74) is 5.80. The molecular formula is C29H23N5O2S. The van der Waals surface area contributed by atoms with E-state index in [1.165, 1.54) is 12.1 Å². The fraction of sp³-hybridized carbons (Fsp3) is 0.103. The largest absolute Gasteiger partial charge is 0.269 e. The van der Waals surface area contributed by atoms with Crippen LogP contribution in [0.1, 0.15) is 30.0 Å². The van der Waals surface area contributed by atoms with E-state index in [-0.39, 0.29) is 10.6 Å². The smallest absolute Gasteiger partial charge is 0.258 e. The van der Waals surface area contributed by atoms with Crippen LogP contribution >= 0.6 is 11.8 Å². The van der Waals surface area contributed by atoms with Gasteiger partial charge in [0.1, 0.15) is 5.04 Å². The van der Waals surface area contributed by atoms with Gasteiger partial charge in [-0.15, -0.1) is 0 Å². The Morgan fingerprint density at radius 3 is 2.05 bits per heavy atom. The average Bonchev–Trinajstić information content (AvgIpc) is 3.35. The molecule has 8 heteroatoms. The second-order valence-corrected chi connectivity index (χ2v) is 9.82. The Kier molecular flexibility index (Phi) is 5.73. The summed E-state index contributed by atoms with van der Waals surface area (Å²) < 4.78 is 0. The highest BCUT2D eigenvalue weighted by atomic mass is 32.2. The molecule has 182 valence electrons. The SMILES string of the molecule is CCC1=NN(c2ccccc2)C2(SC(c3ccccc3)=NN2c2ccc([N+](=O)[O-])cc2)c2ccccc21. The number of nitrogens with zero attached hydrogens (tertiary/aromatic N) is 5. The van der Waals surface area contributed by atoms with Crippen LogP contribution < -0.4 is 10.0 Å². The first-order valence-electron chi connectivity index (χ1n) is 12.0. The van der Waals surface area contributed by atoms with Gasteiger partial charge < -0.3 is 0 Å². The van der Waals surface area contributed by atoms with Gasteiger partial charge in [-0.1, -0.05) is 79.7 Å². The molecule has 6 rings (SSSR count). The van der Waals surface area contributed by atoms with Crippen LogP contribution in [0.5, 0.6) is 0 Å². The normalized spacial score (nSPS) is 18.4. The number of fused-ring (bicyclic) bond motifs is 2. The Balaban J connectivity index is 1.62. The van der Waals surface area contributed by atoms with Crippen LogP contribution in [0.4, 0.5) is 17.1 Å². The number of hydrogen-bond donors (Lipinski definition) is 0. The standard InChI is InChI=1S/C29H23N5O2S/c1-2-27-25-15-9-10-16-26(25)29(32(30-27)22-13-7-4-8-14-22)33(23-17-19-24(20-18-23)34(35)36)31-28(37-29)21-11-5-3-6-12-21/h3-20H,2H2,1H3. The number of nitro benzene ring substituents is 1. The van der Waals surface area contributed by atoms with Crippen molar-refractivity contribution in [1.29, 1.82) is 0 Å². The third-order valence-corrected chi connectivity index (χ3v) is 7.84. The van der Waals surface area contributed by atoms with Gasteiger partial charge in [-0.3, -0.25) is 10.1 Å². The first kappa shape index (κ1) is 23.0. The van der Waals surface area contributed by atoms with Crippen molar-refractivity contribution in [3.8, 4) is 0 Å². The fourth-order valence-electron chi connectivity index (χ4n) is 4.74. The maximum Gasteiger partial charge on any atom is 0.269 e. The Hall–Kier alpha value is -4.43. The highest BCUT2D eigenvalue weighted by molar-refractivity contribution is 8.15. The van der Waals surface area contributed by atoms with E-state index < -0.39 is 4.99 Å². The lowest BCUT2D eigenvalue weighted by Gasteiger charge is -2.47. The lowest BCUT2D eigenvalue weighted by molar-refractivity contribution is -0.384. The van der Waals surface area contributed by atoms with Crippen molar-refractivity contribution in [3.63, 3.8) is 0 Å². The van der Waals surface area contributed by atoms with E-state index in [2.05, 4.69) is 19.1 Å². The van der Waals surface area contributed by atoms with Crippen LogP contribution in [0.3, 0.4) is 0 Å². The van der Waals surface area contributed by atoms with Gasteiger partial charge in [0.2, 0.25) is 4.99 Å². The van der Waals surface area contributed by atoms with Gasteiger partial charge in [-0.05, 0) is 42.4 Å². The molecule has 0 amide bonds. The van der Waals surface area contributed by atoms with E-state index >= 15 is 0 Å². The maximum absolute atomic E-state index is 11.4. The Morgan fingerprint density at radius 1 is 0.784 bits per heavy atom. The van der Waals surface area contributed by atoms with Crippen molar-refractivity contribution in [1.82, 2.24) is 0 Å². The van der Waals surface area contributed by atoms with E-state index in [4.69, 9.17) is 10.2 Å². The van der Waals surface area contributed by atoms with E-state index in [0.29, 0.717) is 0 Å². The molecule has 2 heterocycles. The lowest BCUT2D eigenvalue weighted by atomic mass is 9.96. The molecule has 0 fully saturated rings. The molecule has 4 aromatic carbocycles. The van der Waals surface area contributed by atoms with Crippen LogP contribution in [-0.4, -0.2) is 15.7 Å². The molecule has 0 radical (unpaired) electrons. The number of nitro groups is 1. The summed E-state index contributed by atoms with van der Waals surface area (Å²) in [6.45, 7) is 2.11. The summed E-state index contributed by atoms with van der Waals surface area (Å²) in [4.78, 5) is 10.1. The number of rotatable bonds is 5. The number of hydrogen-bond acceptors (Lipinski definition) is 7. The zero-order valence-electron chi connectivity index (χ0n) is 20.1. The Bertz CT molecular complexity index is 1520. The van der Waals surface area contributed by atoms with E-state index in [1.54, 1.807) is 23.9 Å². The second kappa shape index (κ2) is 9.22. The van der Waals surface area contributed by atoms with E-state index in [1.807, 2.05) is 82.8 Å². The molecule has 0 aromatic heterocycles. The molecule has 0 saturated heterocycles. The van der Waals surface area contributed by atoms with Gasteiger partial charge in [0.15, 0.2) is 0 Å². The molecule has 0 bridgehead atoms. The molecule has 2 aliphatic rings. The Morgan fingerprint density at radius 2 is 1.38 bits per heavy atom. The predicted octanol–water partition coefficient (Wildman–Crippen LogP) is 6.95. The minimum absolute atomic E-state index is 0.0344. The summed E-state index contributed by atoms with van der Waals surface area (Å²) >= 11 is 1.62. The number of non-ortho nitro benzene ring substituents is 1. The molecule has 0 aliphatic carbocycles. The molecule has 7 nitrogen and oxygen atoms in total. The first-order valence-corrected chi connectivity index (χ1v) is 12.8. The van der Waals surface area contributed by atoms with E-state index in [0.717, 1.165) is 45.2 Å². The third kappa shape index (κ3) is 3.77. The van der Waals surface area contributed by atoms with Crippen molar-refractivity contribution < 1.29 is 4.92 Å². The zero-order valence-corrected chi connectivity index (χ0v) is 20.9. The van der Waals surface area contributed by atoms with Crippen molar-refractivity contribution in [2.75, 3.05) is 10.0 Å². The molecule has 0 saturated carbocycles. The Labute approximate surface area is 218 Å². The number of hydrazone groups is 2. The van der Waals surface area contributed by atoms with Crippen molar-refractivity contribution in [2.45, 2.75) is 18.3 Å². The van der Waals surface area contributed by atoms with Crippen LogP contribution in [0.15, 0.2) is 119 Å². The highest BCUT2D eigenvalue weighted by Gasteiger charge is 2.55.